The average Bonchev–Trinajstić information content (AvgIpc) is 2.49. The normalized spacial score (nSPS) is 24.2. The van der Waals surface area contributed by atoms with Crippen molar-refractivity contribution in [3.8, 4) is 0 Å². The lowest BCUT2D eigenvalue weighted by atomic mass is 9.90. The van der Waals surface area contributed by atoms with Crippen LogP contribution in [0, 0.1) is 5.92 Å². The molecule has 2 rings (SSSR count). The third kappa shape index (κ3) is 3.85. The minimum absolute atomic E-state index is 0.190. The number of benzene rings is 1. The third-order valence-corrected chi connectivity index (χ3v) is 4.85. The van der Waals surface area contributed by atoms with Crippen LogP contribution in [0.4, 0.5) is 0 Å². The van der Waals surface area contributed by atoms with Crippen molar-refractivity contribution >= 4 is 0 Å². The van der Waals surface area contributed by atoms with Crippen LogP contribution in [-0.4, -0.2) is 53.7 Å². The van der Waals surface area contributed by atoms with Gasteiger partial charge in [-0.1, -0.05) is 51.1 Å². The summed E-state index contributed by atoms with van der Waals surface area (Å²) in [5.74, 6) is 0.432. The summed E-state index contributed by atoms with van der Waals surface area (Å²) in [6.45, 7) is 9.87. The van der Waals surface area contributed by atoms with Crippen LogP contribution < -0.4 is 0 Å². The van der Waals surface area contributed by atoms with Crippen LogP contribution in [0.1, 0.15) is 38.9 Å². The lowest BCUT2D eigenvalue weighted by molar-refractivity contribution is -0.0178. The number of likely N-dealkylation sites (N-methyl/N-ethyl adjacent to an activating group) is 1. The van der Waals surface area contributed by atoms with Crippen molar-refractivity contribution in [1.82, 2.24) is 9.80 Å². The number of aliphatic hydroxyl groups excluding tert-OH is 1. The van der Waals surface area contributed by atoms with E-state index in [0.717, 1.165) is 25.2 Å². The van der Waals surface area contributed by atoms with Gasteiger partial charge in [-0.05, 0) is 24.9 Å². The molecule has 21 heavy (non-hydrogen) atoms. The Morgan fingerprint density at radius 3 is 2.43 bits per heavy atom. The second-order valence-corrected chi connectivity index (χ2v) is 6.63. The van der Waals surface area contributed by atoms with Crippen LogP contribution >= 0.6 is 0 Å². The Kier molecular flexibility index (Phi) is 5.80. The molecule has 0 amide bonds. The monoisotopic (exact) mass is 290 g/mol. The highest BCUT2D eigenvalue weighted by molar-refractivity contribution is 5.19. The molecule has 3 unspecified atom stereocenters. The van der Waals surface area contributed by atoms with E-state index in [1.807, 2.05) is 30.3 Å². The van der Waals surface area contributed by atoms with Gasteiger partial charge in [0, 0.05) is 31.7 Å². The van der Waals surface area contributed by atoms with Crippen molar-refractivity contribution in [3.63, 3.8) is 0 Å². The minimum Gasteiger partial charge on any atom is -0.387 e. The maximum atomic E-state index is 10.9. The molecule has 1 heterocycles. The zero-order chi connectivity index (χ0) is 15.4. The van der Waals surface area contributed by atoms with E-state index in [4.69, 9.17) is 0 Å². The molecule has 0 aliphatic carbocycles. The summed E-state index contributed by atoms with van der Waals surface area (Å²) in [6, 6.07) is 10.9. The Morgan fingerprint density at radius 2 is 1.86 bits per heavy atom. The molecule has 1 saturated heterocycles. The number of rotatable bonds is 5. The van der Waals surface area contributed by atoms with Crippen molar-refractivity contribution in [2.45, 2.75) is 45.4 Å². The second kappa shape index (κ2) is 7.39. The number of nitrogens with zero attached hydrogens (tertiary/aromatic N) is 2. The number of hydrogen-bond acceptors (Lipinski definition) is 3. The van der Waals surface area contributed by atoms with Gasteiger partial charge in [0.05, 0.1) is 6.10 Å². The zero-order valence-electron chi connectivity index (χ0n) is 13.9. The first-order chi connectivity index (χ1) is 10.0. The summed E-state index contributed by atoms with van der Waals surface area (Å²) in [5.41, 5.74) is 1.03. The van der Waals surface area contributed by atoms with Crippen molar-refractivity contribution in [3.05, 3.63) is 35.9 Å². The molecular weight excluding hydrogens is 260 g/mol. The third-order valence-electron chi connectivity index (χ3n) is 4.85. The summed E-state index contributed by atoms with van der Waals surface area (Å²) in [7, 11) is 2.21. The zero-order valence-corrected chi connectivity index (χ0v) is 13.9. The predicted octanol–water partition coefficient (Wildman–Crippen LogP) is 2.77. The molecule has 3 heteroatoms. The fraction of sp³-hybridized carbons (Fsp3) is 0.667. The van der Waals surface area contributed by atoms with Gasteiger partial charge in [-0.2, -0.15) is 0 Å². The van der Waals surface area contributed by atoms with Gasteiger partial charge in [0.2, 0.25) is 0 Å². The topological polar surface area (TPSA) is 26.7 Å². The number of aliphatic hydroxyl groups is 1. The van der Waals surface area contributed by atoms with Crippen LogP contribution in [0.5, 0.6) is 0 Å². The molecule has 1 N–H and O–H groups in total. The first-order valence-corrected chi connectivity index (χ1v) is 8.21. The summed E-state index contributed by atoms with van der Waals surface area (Å²) >= 11 is 0. The van der Waals surface area contributed by atoms with E-state index in [9.17, 15) is 5.11 Å². The Balaban J connectivity index is 2.15. The second-order valence-electron chi connectivity index (χ2n) is 6.63. The maximum Gasteiger partial charge on any atom is 0.0947 e. The number of hydrogen-bond donors (Lipinski definition) is 1. The van der Waals surface area contributed by atoms with E-state index < -0.39 is 6.10 Å². The highest BCUT2D eigenvalue weighted by Crippen LogP contribution is 2.28. The van der Waals surface area contributed by atoms with Crippen LogP contribution in [0.25, 0.3) is 0 Å². The van der Waals surface area contributed by atoms with Gasteiger partial charge in [-0.15, -0.1) is 0 Å². The maximum absolute atomic E-state index is 10.9. The Morgan fingerprint density at radius 1 is 1.19 bits per heavy atom. The molecule has 1 fully saturated rings. The molecule has 3 atom stereocenters. The van der Waals surface area contributed by atoms with Gasteiger partial charge in [0.15, 0.2) is 0 Å². The quantitative estimate of drug-likeness (QED) is 0.903. The molecule has 118 valence electrons. The van der Waals surface area contributed by atoms with E-state index in [1.54, 1.807) is 0 Å². The molecular formula is C18H30N2O. The van der Waals surface area contributed by atoms with Gasteiger partial charge in [0.25, 0.3) is 0 Å². The highest BCUT2D eigenvalue weighted by Gasteiger charge is 2.34. The van der Waals surface area contributed by atoms with E-state index >= 15 is 0 Å². The predicted molar refractivity (Wildman–Crippen MR) is 88.3 cm³/mol. The fourth-order valence-corrected chi connectivity index (χ4v) is 3.51. The van der Waals surface area contributed by atoms with Gasteiger partial charge < -0.3 is 10.0 Å². The summed E-state index contributed by atoms with van der Waals surface area (Å²) in [4.78, 5) is 4.94. The molecule has 3 nitrogen and oxygen atoms in total. The van der Waals surface area contributed by atoms with Gasteiger partial charge >= 0.3 is 0 Å². The lowest BCUT2D eigenvalue weighted by Crippen LogP contribution is -2.56. The van der Waals surface area contributed by atoms with Crippen molar-refractivity contribution in [1.29, 1.82) is 0 Å². The van der Waals surface area contributed by atoms with Crippen molar-refractivity contribution in [2.75, 3.05) is 26.7 Å². The Hall–Kier alpha value is -0.900. The SMILES string of the molecule is CCC1CN(C(C(C)C)C(O)c2ccccc2)CCN1C. The van der Waals surface area contributed by atoms with Gasteiger partial charge in [-0.25, -0.2) is 0 Å². The summed E-state index contributed by atoms with van der Waals surface area (Å²) < 4.78 is 0. The molecule has 0 bridgehead atoms. The molecule has 1 aliphatic heterocycles. The van der Waals surface area contributed by atoms with E-state index in [2.05, 4.69) is 37.6 Å². The Bertz CT molecular complexity index is 420. The van der Waals surface area contributed by atoms with Gasteiger partial charge in [0.1, 0.15) is 0 Å². The first-order valence-electron chi connectivity index (χ1n) is 8.21. The fourth-order valence-electron chi connectivity index (χ4n) is 3.51. The average molecular weight is 290 g/mol. The molecule has 0 aromatic heterocycles. The first kappa shape index (κ1) is 16.5. The van der Waals surface area contributed by atoms with E-state index in [0.29, 0.717) is 12.0 Å². The molecule has 0 spiro atoms. The van der Waals surface area contributed by atoms with Crippen molar-refractivity contribution < 1.29 is 5.11 Å². The lowest BCUT2D eigenvalue weighted by Gasteiger charge is -2.45. The van der Waals surface area contributed by atoms with Crippen LogP contribution in [0.15, 0.2) is 30.3 Å². The van der Waals surface area contributed by atoms with Crippen LogP contribution in [0.2, 0.25) is 0 Å². The van der Waals surface area contributed by atoms with Crippen molar-refractivity contribution in [2.24, 2.45) is 5.92 Å². The van der Waals surface area contributed by atoms with Gasteiger partial charge in [-0.3, -0.25) is 4.90 Å². The summed E-state index contributed by atoms with van der Waals surface area (Å²) in [5, 5.41) is 10.9. The largest absolute Gasteiger partial charge is 0.387 e. The smallest absolute Gasteiger partial charge is 0.0947 e. The molecule has 1 aliphatic rings. The highest BCUT2D eigenvalue weighted by atomic mass is 16.3. The number of piperazine rings is 1. The molecule has 1 aromatic rings. The van der Waals surface area contributed by atoms with E-state index in [1.165, 1.54) is 6.42 Å². The molecule has 0 saturated carbocycles. The molecule has 0 radical (unpaired) electrons. The van der Waals surface area contributed by atoms with E-state index in [-0.39, 0.29) is 6.04 Å². The molecule has 1 aromatic carbocycles. The summed E-state index contributed by atoms with van der Waals surface area (Å²) in [6.07, 6.45) is 0.756. The van der Waals surface area contributed by atoms with Crippen LogP contribution in [0.3, 0.4) is 0 Å². The van der Waals surface area contributed by atoms with Crippen LogP contribution in [-0.2, 0) is 0 Å². The minimum atomic E-state index is -0.410. The standard InChI is InChI=1S/C18H30N2O/c1-5-16-13-20(12-11-19(16)4)17(14(2)3)18(21)15-9-7-6-8-10-15/h6-10,14,16-18,21H,5,11-13H2,1-4H3. The Labute approximate surface area is 129 Å².